The fraction of sp³-hybridized carbons (Fsp3) is 0.500. The molecule has 228 valence electrons. The van der Waals surface area contributed by atoms with Crippen molar-refractivity contribution in [2.24, 2.45) is 5.92 Å². The number of fused-ring (bicyclic) bond motifs is 1. The molecule has 1 saturated heterocycles. The summed E-state index contributed by atoms with van der Waals surface area (Å²) in [5.74, 6) is 2.48. The molecule has 3 N–H and O–H groups in total. The second-order valence-electron chi connectivity index (χ2n) is 11.9. The smallest absolute Gasteiger partial charge is 0.251 e. The van der Waals surface area contributed by atoms with Crippen LogP contribution in [0.25, 0.3) is 0 Å². The van der Waals surface area contributed by atoms with Crippen LogP contribution in [0.5, 0.6) is 5.75 Å². The van der Waals surface area contributed by atoms with Crippen molar-refractivity contribution in [3.63, 3.8) is 0 Å². The molecule has 1 aliphatic carbocycles. The number of carbonyl (C=O) groups is 2. The number of anilines is 1. The summed E-state index contributed by atoms with van der Waals surface area (Å²) in [6.07, 6.45) is 8.62. The van der Waals surface area contributed by atoms with Crippen LogP contribution in [-0.4, -0.2) is 81.6 Å². The van der Waals surface area contributed by atoms with Gasteiger partial charge >= 0.3 is 0 Å². The highest BCUT2D eigenvalue weighted by atomic mass is 16.5. The van der Waals surface area contributed by atoms with Crippen LogP contribution in [0.2, 0.25) is 0 Å². The largest absolute Gasteiger partial charge is 0.485 e. The zero-order valence-corrected chi connectivity index (χ0v) is 24.6. The van der Waals surface area contributed by atoms with Gasteiger partial charge in [0.1, 0.15) is 18.2 Å². The summed E-state index contributed by atoms with van der Waals surface area (Å²) < 4.78 is 11.2. The predicted octanol–water partition coefficient (Wildman–Crippen LogP) is 2.92. The molecule has 43 heavy (non-hydrogen) atoms. The first-order valence-electron chi connectivity index (χ1n) is 15.2. The van der Waals surface area contributed by atoms with Crippen molar-refractivity contribution in [3.8, 4) is 5.75 Å². The van der Waals surface area contributed by atoms with E-state index in [0.717, 1.165) is 69.6 Å². The zero-order valence-electron chi connectivity index (χ0n) is 24.6. The minimum atomic E-state index is -0.695. The molecule has 2 fully saturated rings. The standard InChI is InChI=1S/C32H40N6O5/c1-21-28-9-11-37(17-24(28)4-5-29(21)42-19-27-16-33-20-43-27)18-26(39)15-35-31(40)23-6-10-34-30(14-23)36-25-7-12-38(13-8-25)32(41)22-2-3-22/h4-6,10,14,16,20,22,25-26,39H,2-3,7-9,11-13,15,17-19H2,1H3,(H,34,36)(H,35,40). The third kappa shape index (κ3) is 7.34. The topological polar surface area (TPSA) is 133 Å². The van der Waals surface area contributed by atoms with Gasteiger partial charge in [-0.3, -0.25) is 14.5 Å². The number of benzene rings is 1. The molecule has 3 aliphatic rings. The van der Waals surface area contributed by atoms with E-state index in [0.29, 0.717) is 36.2 Å². The lowest BCUT2D eigenvalue weighted by Crippen LogP contribution is -2.43. The number of hydrogen-bond acceptors (Lipinski definition) is 9. The van der Waals surface area contributed by atoms with Gasteiger partial charge in [-0.05, 0) is 73.9 Å². The fourth-order valence-electron chi connectivity index (χ4n) is 6.02. The summed E-state index contributed by atoms with van der Waals surface area (Å²) in [6, 6.07) is 7.72. The number of pyridine rings is 1. The molecular formula is C32H40N6O5. The maximum Gasteiger partial charge on any atom is 0.251 e. The van der Waals surface area contributed by atoms with E-state index in [-0.39, 0.29) is 24.4 Å². The number of aromatic nitrogens is 2. The van der Waals surface area contributed by atoms with Crippen LogP contribution in [0.1, 0.15) is 58.5 Å². The molecule has 1 saturated carbocycles. The predicted molar refractivity (Wildman–Crippen MR) is 160 cm³/mol. The summed E-state index contributed by atoms with van der Waals surface area (Å²) >= 11 is 0. The normalized spacial score (nSPS) is 18.1. The molecule has 1 atom stereocenters. The van der Waals surface area contributed by atoms with Crippen LogP contribution >= 0.6 is 0 Å². The number of hydrogen-bond donors (Lipinski definition) is 3. The van der Waals surface area contributed by atoms with E-state index >= 15 is 0 Å². The number of aliphatic hydroxyl groups is 1. The molecule has 11 nitrogen and oxygen atoms in total. The monoisotopic (exact) mass is 588 g/mol. The van der Waals surface area contributed by atoms with E-state index in [1.54, 1.807) is 24.5 Å². The van der Waals surface area contributed by atoms with E-state index in [1.807, 2.05) is 11.0 Å². The molecule has 11 heteroatoms. The third-order valence-electron chi connectivity index (χ3n) is 8.65. The Bertz CT molecular complexity index is 1420. The van der Waals surface area contributed by atoms with Crippen molar-refractivity contribution in [1.82, 2.24) is 25.1 Å². The van der Waals surface area contributed by atoms with Gasteiger partial charge in [0.25, 0.3) is 5.91 Å². The maximum absolute atomic E-state index is 12.9. The van der Waals surface area contributed by atoms with Gasteiger partial charge in [0.2, 0.25) is 5.91 Å². The van der Waals surface area contributed by atoms with Crippen molar-refractivity contribution < 1.29 is 23.8 Å². The van der Waals surface area contributed by atoms with E-state index < -0.39 is 6.10 Å². The lowest BCUT2D eigenvalue weighted by molar-refractivity contribution is -0.133. The molecule has 6 rings (SSSR count). The number of rotatable bonds is 11. The summed E-state index contributed by atoms with van der Waals surface area (Å²) in [7, 11) is 0. The highest BCUT2D eigenvalue weighted by Gasteiger charge is 2.35. The summed E-state index contributed by atoms with van der Waals surface area (Å²) in [6.45, 7) is 6.11. The summed E-state index contributed by atoms with van der Waals surface area (Å²) in [5.41, 5.74) is 4.14. The SMILES string of the molecule is Cc1c(OCc2cnco2)ccc2c1CCN(CC(O)CNC(=O)c1ccnc(NC3CCN(C(=O)C4CC4)CC3)c1)C2. The molecule has 4 heterocycles. The van der Waals surface area contributed by atoms with E-state index in [4.69, 9.17) is 9.15 Å². The van der Waals surface area contributed by atoms with Crippen molar-refractivity contribution in [1.29, 1.82) is 0 Å². The second-order valence-corrected chi connectivity index (χ2v) is 11.9. The van der Waals surface area contributed by atoms with Gasteiger partial charge in [-0.2, -0.15) is 0 Å². The van der Waals surface area contributed by atoms with Gasteiger partial charge in [-0.25, -0.2) is 9.97 Å². The number of carbonyl (C=O) groups excluding carboxylic acids is 2. The van der Waals surface area contributed by atoms with Crippen molar-refractivity contribution in [3.05, 3.63) is 71.1 Å². The number of oxazole rings is 1. The highest BCUT2D eigenvalue weighted by Crippen LogP contribution is 2.32. The highest BCUT2D eigenvalue weighted by molar-refractivity contribution is 5.94. The minimum Gasteiger partial charge on any atom is -0.485 e. The average molecular weight is 589 g/mol. The van der Waals surface area contributed by atoms with Crippen LogP contribution in [-0.2, 0) is 24.4 Å². The number of β-amino-alcohol motifs (C(OH)–C–C–N with tert-alkyl or cyclic N) is 1. The molecule has 2 amide bonds. The Kier molecular flexibility index (Phi) is 8.90. The summed E-state index contributed by atoms with van der Waals surface area (Å²) in [4.78, 5) is 37.7. The molecule has 3 aromatic rings. The van der Waals surface area contributed by atoms with Gasteiger partial charge in [0.15, 0.2) is 12.2 Å². The molecular weight excluding hydrogens is 548 g/mol. The molecule has 0 bridgehead atoms. The molecule has 1 aromatic carbocycles. The van der Waals surface area contributed by atoms with Crippen molar-refractivity contribution in [2.45, 2.75) is 64.3 Å². The van der Waals surface area contributed by atoms with Gasteiger partial charge in [0, 0.05) is 63.0 Å². The average Bonchev–Trinajstić information content (AvgIpc) is 3.74. The Hall–Kier alpha value is -3.96. The first-order chi connectivity index (χ1) is 20.9. The van der Waals surface area contributed by atoms with E-state index in [1.165, 1.54) is 17.5 Å². The van der Waals surface area contributed by atoms with E-state index in [2.05, 4.69) is 38.5 Å². The number of nitrogens with one attached hydrogen (secondary N) is 2. The molecule has 0 radical (unpaired) electrons. The number of aliphatic hydroxyl groups excluding tert-OH is 1. The van der Waals surface area contributed by atoms with E-state index in [9.17, 15) is 14.7 Å². The third-order valence-corrected chi connectivity index (χ3v) is 8.65. The second kappa shape index (κ2) is 13.1. The van der Waals surface area contributed by atoms with Gasteiger partial charge in [-0.1, -0.05) is 6.07 Å². The number of nitrogens with zero attached hydrogens (tertiary/aromatic N) is 4. The van der Waals surface area contributed by atoms with Crippen LogP contribution in [0, 0.1) is 12.8 Å². The Morgan fingerprint density at radius 3 is 2.77 bits per heavy atom. The first-order valence-corrected chi connectivity index (χ1v) is 15.2. The fourth-order valence-corrected chi connectivity index (χ4v) is 6.02. The van der Waals surface area contributed by atoms with Crippen LogP contribution < -0.4 is 15.4 Å². The van der Waals surface area contributed by atoms with Crippen molar-refractivity contribution in [2.75, 3.05) is 38.0 Å². The molecule has 2 aromatic heterocycles. The van der Waals surface area contributed by atoms with Crippen LogP contribution in [0.3, 0.4) is 0 Å². The number of ether oxygens (including phenoxy) is 1. The number of likely N-dealkylation sites (tertiary alicyclic amines) is 1. The van der Waals surface area contributed by atoms with Gasteiger partial charge in [-0.15, -0.1) is 0 Å². The van der Waals surface area contributed by atoms with Crippen molar-refractivity contribution >= 4 is 17.6 Å². The lowest BCUT2D eigenvalue weighted by Gasteiger charge is -2.32. The summed E-state index contributed by atoms with van der Waals surface area (Å²) in [5, 5.41) is 17.0. The lowest BCUT2D eigenvalue weighted by atomic mass is 9.94. The number of amides is 2. The minimum absolute atomic E-state index is 0.161. The molecule has 0 spiro atoms. The Balaban J connectivity index is 0.943. The van der Waals surface area contributed by atoms with Crippen LogP contribution in [0.4, 0.5) is 5.82 Å². The maximum atomic E-state index is 12.9. The molecule has 2 aliphatic heterocycles. The Morgan fingerprint density at radius 2 is 2.00 bits per heavy atom. The zero-order chi connectivity index (χ0) is 29.8. The van der Waals surface area contributed by atoms with Crippen LogP contribution in [0.15, 0.2) is 47.5 Å². The Labute approximate surface area is 251 Å². The Morgan fingerprint density at radius 1 is 1.16 bits per heavy atom. The quantitative estimate of drug-likeness (QED) is 0.309. The molecule has 1 unspecified atom stereocenters. The van der Waals surface area contributed by atoms with Gasteiger partial charge in [0.05, 0.1) is 12.3 Å². The van der Waals surface area contributed by atoms with Gasteiger partial charge < -0.3 is 29.8 Å². The number of piperidine rings is 1. The first kappa shape index (κ1) is 29.1.